The molecule has 1 N–H and O–H groups in total. The van der Waals surface area contributed by atoms with Gasteiger partial charge in [-0.15, -0.1) is 0 Å². The van der Waals surface area contributed by atoms with E-state index < -0.39 is 6.10 Å². The highest BCUT2D eigenvalue weighted by Crippen LogP contribution is 2.23. The largest absolute Gasteiger partial charge is 0.493 e. The molecule has 0 radical (unpaired) electrons. The predicted octanol–water partition coefficient (Wildman–Crippen LogP) is 3.39. The monoisotopic (exact) mass is 264 g/mol. The average molecular weight is 264 g/mol. The van der Waals surface area contributed by atoms with E-state index in [1.54, 1.807) is 6.92 Å². The minimum Gasteiger partial charge on any atom is -0.493 e. The molecule has 0 bridgehead atoms. The maximum Gasteiger partial charge on any atom is 0.122 e. The van der Waals surface area contributed by atoms with Crippen molar-refractivity contribution in [2.75, 3.05) is 13.2 Å². The first-order valence-electron chi connectivity index (χ1n) is 7.20. The van der Waals surface area contributed by atoms with E-state index in [1.165, 1.54) is 12.8 Å². The van der Waals surface area contributed by atoms with Crippen LogP contribution >= 0.6 is 0 Å². The van der Waals surface area contributed by atoms with Gasteiger partial charge in [0, 0.05) is 6.61 Å². The molecule has 0 spiro atoms. The number of aryl methyl sites for hydroxylation is 1. The van der Waals surface area contributed by atoms with E-state index in [9.17, 15) is 5.11 Å². The third kappa shape index (κ3) is 4.22. The first-order chi connectivity index (χ1) is 9.16. The van der Waals surface area contributed by atoms with Crippen LogP contribution in [0.2, 0.25) is 0 Å². The molecule has 0 aliphatic carbocycles. The summed E-state index contributed by atoms with van der Waals surface area (Å²) >= 11 is 0. The first-order valence-corrected chi connectivity index (χ1v) is 7.20. The Morgan fingerprint density at radius 3 is 2.95 bits per heavy atom. The Balaban J connectivity index is 1.76. The van der Waals surface area contributed by atoms with Crippen LogP contribution in [0.3, 0.4) is 0 Å². The number of aliphatic hydroxyl groups is 1. The molecule has 1 aromatic carbocycles. The molecule has 1 aliphatic heterocycles. The van der Waals surface area contributed by atoms with Gasteiger partial charge in [0.15, 0.2) is 0 Å². The number of hydrogen-bond donors (Lipinski definition) is 1. The number of hydrogen-bond acceptors (Lipinski definition) is 3. The van der Waals surface area contributed by atoms with Gasteiger partial charge in [0.1, 0.15) is 5.75 Å². The molecule has 1 aromatic rings. The van der Waals surface area contributed by atoms with Crippen molar-refractivity contribution in [1.82, 2.24) is 0 Å². The van der Waals surface area contributed by atoms with Crippen LogP contribution in [0.1, 0.15) is 49.8 Å². The van der Waals surface area contributed by atoms with E-state index in [0.717, 1.165) is 42.9 Å². The Bertz CT molecular complexity index is 395. The molecule has 0 saturated carbocycles. The van der Waals surface area contributed by atoms with Crippen LogP contribution < -0.4 is 4.74 Å². The maximum absolute atomic E-state index is 9.52. The number of benzene rings is 1. The minimum atomic E-state index is -0.424. The van der Waals surface area contributed by atoms with E-state index in [1.807, 2.05) is 25.1 Å². The van der Waals surface area contributed by atoms with E-state index in [2.05, 4.69) is 0 Å². The molecule has 1 fully saturated rings. The summed E-state index contributed by atoms with van der Waals surface area (Å²) in [5.41, 5.74) is 2.01. The van der Waals surface area contributed by atoms with Gasteiger partial charge in [-0.25, -0.2) is 0 Å². The maximum atomic E-state index is 9.52. The Labute approximate surface area is 115 Å². The molecule has 1 aliphatic rings. The highest BCUT2D eigenvalue weighted by Gasteiger charge is 2.14. The lowest BCUT2D eigenvalue weighted by Gasteiger charge is -2.13. The van der Waals surface area contributed by atoms with Crippen molar-refractivity contribution in [1.29, 1.82) is 0 Å². The average Bonchev–Trinajstić information content (AvgIpc) is 2.89. The van der Waals surface area contributed by atoms with Crippen molar-refractivity contribution >= 4 is 0 Å². The van der Waals surface area contributed by atoms with E-state index in [0.29, 0.717) is 6.10 Å². The molecule has 19 heavy (non-hydrogen) atoms. The van der Waals surface area contributed by atoms with Gasteiger partial charge < -0.3 is 14.6 Å². The fourth-order valence-electron chi connectivity index (χ4n) is 2.46. The van der Waals surface area contributed by atoms with Crippen molar-refractivity contribution in [3.05, 3.63) is 29.3 Å². The zero-order chi connectivity index (χ0) is 13.7. The van der Waals surface area contributed by atoms with Crippen LogP contribution in [0.4, 0.5) is 0 Å². The van der Waals surface area contributed by atoms with Gasteiger partial charge >= 0.3 is 0 Å². The fourth-order valence-corrected chi connectivity index (χ4v) is 2.46. The second kappa shape index (κ2) is 6.92. The van der Waals surface area contributed by atoms with Gasteiger partial charge in [-0.3, -0.25) is 0 Å². The van der Waals surface area contributed by atoms with Crippen LogP contribution in [-0.4, -0.2) is 24.4 Å². The topological polar surface area (TPSA) is 38.7 Å². The molecule has 106 valence electrons. The van der Waals surface area contributed by atoms with Gasteiger partial charge in [0.25, 0.3) is 0 Å². The molecule has 2 atom stereocenters. The second-order valence-corrected chi connectivity index (χ2v) is 5.33. The van der Waals surface area contributed by atoms with Crippen LogP contribution in [-0.2, 0) is 4.74 Å². The van der Waals surface area contributed by atoms with Gasteiger partial charge in [0.05, 0.1) is 18.8 Å². The van der Waals surface area contributed by atoms with Gasteiger partial charge in [-0.05, 0) is 62.8 Å². The Hall–Kier alpha value is -1.06. The highest BCUT2D eigenvalue weighted by molar-refractivity contribution is 5.36. The van der Waals surface area contributed by atoms with Crippen LogP contribution in [0.5, 0.6) is 5.75 Å². The lowest BCUT2D eigenvalue weighted by Crippen LogP contribution is -2.08. The molecule has 3 nitrogen and oxygen atoms in total. The summed E-state index contributed by atoms with van der Waals surface area (Å²) in [4.78, 5) is 0. The normalized spacial score (nSPS) is 20.5. The molecule has 1 saturated heterocycles. The van der Waals surface area contributed by atoms with Crippen LogP contribution in [0.25, 0.3) is 0 Å². The van der Waals surface area contributed by atoms with Crippen LogP contribution in [0.15, 0.2) is 18.2 Å². The van der Waals surface area contributed by atoms with Crippen LogP contribution in [0, 0.1) is 6.92 Å². The summed E-state index contributed by atoms with van der Waals surface area (Å²) in [7, 11) is 0. The molecular weight excluding hydrogens is 240 g/mol. The lowest BCUT2D eigenvalue weighted by molar-refractivity contribution is 0.0981. The van der Waals surface area contributed by atoms with Crippen molar-refractivity contribution in [2.24, 2.45) is 0 Å². The third-order valence-corrected chi connectivity index (χ3v) is 3.63. The lowest BCUT2D eigenvalue weighted by atomic mass is 10.1. The number of aliphatic hydroxyl groups excluding tert-OH is 1. The molecule has 3 heteroatoms. The van der Waals surface area contributed by atoms with E-state index in [4.69, 9.17) is 9.47 Å². The Morgan fingerprint density at radius 2 is 2.32 bits per heavy atom. The molecule has 0 amide bonds. The van der Waals surface area contributed by atoms with Crippen molar-refractivity contribution in [3.63, 3.8) is 0 Å². The standard InChI is InChI=1S/C16H24O3/c1-12-11-14(13(2)17)7-8-16(12)19-10-4-6-15-5-3-9-18-15/h7-8,11,13,15,17H,3-6,9-10H2,1-2H3. The molecule has 2 unspecified atom stereocenters. The van der Waals surface area contributed by atoms with E-state index in [-0.39, 0.29) is 0 Å². The Kier molecular flexibility index (Phi) is 5.23. The van der Waals surface area contributed by atoms with Gasteiger partial charge in [-0.2, -0.15) is 0 Å². The fraction of sp³-hybridized carbons (Fsp3) is 0.625. The molecular formula is C16H24O3. The van der Waals surface area contributed by atoms with Gasteiger partial charge in [0.2, 0.25) is 0 Å². The van der Waals surface area contributed by atoms with Crippen molar-refractivity contribution in [2.45, 2.75) is 51.7 Å². The predicted molar refractivity (Wildman–Crippen MR) is 75.5 cm³/mol. The molecule has 1 heterocycles. The molecule has 2 rings (SSSR count). The summed E-state index contributed by atoms with van der Waals surface area (Å²) in [5.74, 6) is 0.914. The smallest absolute Gasteiger partial charge is 0.122 e. The SMILES string of the molecule is Cc1cc(C(C)O)ccc1OCCCC1CCCO1. The third-order valence-electron chi connectivity index (χ3n) is 3.63. The summed E-state index contributed by atoms with van der Waals surface area (Å²) in [5, 5.41) is 9.52. The summed E-state index contributed by atoms with van der Waals surface area (Å²) in [6, 6.07) is 5.86. The molecule has 0 aromatic heterocycles. The van der Waals surface area contributed by atoms with Crippen molar-refractivity contribution in [3.8, 4) is 5.75 Å². The van der Waals surface area contributed by atoms with Crippen molar-refractivity contribution < 1.29 is 14.6 Å². The summed E-state index contributed by atoms with van der Waals surface area (Å²) in [6.45, 7) is 5.44. The Morgan fingerprint density at radius 1 is 1.47 bits per heavy atom. The highest BCUT2D eigenvalue weighted by atomic mass is 16.5. The summed E-state index contributed by atoms with van der Waals surface area (Å²) < 4.78 is 11.4. The number of rotatable bonds is 6. The van der Waals surface area contributed by atoms with Gasteiger partial charge in [-0.1, -0.05) is 6.07 Å². The van der Waals surface area contributed by atoms with E-state index >= 15 is 0 Å². The zero-order valence-corrected chi connectivity index (χ0v) is 11.9. The number of ether oxygens (including phenoxy) is 2. The quantitative estimate of drug-likeness (QED) is 0.800. The minimum absolute atomic E-state index is 0.424. The first kappa shape index (κ1) is 14.4. The summed E-state index contributed by atoms with van der Waals surface area (Å²) in [6.07, 6.45) is 4.54. The zero-order valence-electron chi connectivity index (χ0n) is 11.9. The second-order valence-electron chi connectivity index (χ2n) is 5.33.